The van der Waals surface area contributed by atoms with Crippen molar-refractivity contribution in [1.82, 2.24) is 0 Å². The summed E-state index contributed by atoms with van der Waals surface area (Å²) in [6, 6.07) is 15.9. The van der Waals surface area contributed by atoms with Gasteiger partial charge in [-0.3, -0.25) is 9.00 Å². The Morgan fingerprint density at radius 3 is 2.00 bits per heavy atom. The van der Waals surface area contributed by atoms with Crippen LogP contribution in [0.5, 0.6) is 0 Å². The van der Waals surface area contributed by atoms with Crippen molar-refractivity contribution in [2.75, 3.05) is 5.75 Å². The molecule has 1 amide bonds. The fourth-order valence-electron chi connectivity index (χ4n) is 1.83. The van der Waals surface area contributed by atoms with Crippen LogP contribution >= 0.6 is 15.9 Å². The first-order valence-corrected chi connectivity index (χ1v) is 8.31. The minimum absolute atomic E-state index is 0.0888. The van der Waals surface area contributed by atoms with E-state index in [1.807, 2.05) is 48.5 Å². The van der Waals surface area contributed by atoms with Gasteiger partial charge >= 0.3 is 0 Å². The summed E-state index contributed by atoms with van der Waals surface area (Å²) in [7, 11) is -1.24. The molecule has 0 aliphatic heterocycles. The molecule has 0 saturated heterocycles. The first-order valence-electron chi connectivity index (χ1n) is 6.03. The van der Waals surface area contributed by atoms with Crippen LogP contribution in [-0.2, 0) is 21.3 Å². The molecule has 2 aromatic rings. The molecule has 0 bridgehead atoms. The Bertz CT molecular complexity index is 623. The van der Waals surface area contributed by atoms with Gasteiger partial charge in [0.05, 0.1) is 0 Å². The summed E-state index contributed by atoms with van der Waals surface area (Å²) in [5.74, 6) is -0.271. The molecule has 0 aliphatic carbocycles. The molecule has 2 rings (SSSR count). The molecule has 0 aliphatic rings. The molecule has 0 unspecified atom stereocenters. The average Bonchev–Trinajstić information content (AvgIpc) is 2.39. The monoisotopic (exact) mass is 351 g/mol. The number of primary amides is 1. The summed E-state index contributed by atoms with van der Waals surface area (Å²) >= 11 is 3.40. The number of benzene rings is 2. The molecule has 0 heterocycles. The van der Waals surface area contributed by atoms with Gasteiger partial charge in [-0.25, -0.2) is 0 Å². The minimum Gasteiger partial charge on any atom is -0.369 e. The van der Waals surface area contributed by atoms with Crippen LogP contribution in [-0.4, -0.2) is 15.9 Å². The number of carbonyl (C=O) groups is 1. The van der Waals surface area contributed by atoms with Crippen LogP contribution < -0.4 is 5.73 Å². The van der Waals surface area contributed by atoms with Crippen molar-refractivity contribution in [2.24, 2.45) is 5.73 Å². The second-order valence-corrected chi connectivity index (χ2v) is 6.77. The Labute approximate surface area is 128 Å². The van der Waals surface area contributed by atoms with E-state index < -0.39 is 16.7 Å². The van der Waals surface area contributed by atoms with Gasteiger partial charge in [-0.05, 0) is 28.8 Å². The van der Waals surface area contributed by atoms with Gasteiger partial charge in [-0.15, -0.1) is 0 Å². The van der Waals surface area contributed by atoms with Crippen LogP contribution in [0.2, 0.25) is 0 Å². The summed E-state index contributed by atoms with van der Waals surface area (Å²) in [5, 5.41) is 0. The van der Waals surface area contributed by atoms with Crippen molar-refractivity contribution >= 4 is 32.6 Å². The Hall–Kier alpha value is -1.46. The molecule has 3 nitrogen and oxygen atoms in total. The summed E-state index contributed by atoms with van der Waals surface area (Å²) < 4.78 is 12.7. The molecule has 20 heavy (non-hydrogen) atoms. The Morgan fingerprint density at radius 2 is 1.50 bits per heavy atom. The SMILES string of the molecule is NC(=O)C[S@@](=O)Cc1ccc(-c2ccc(Br)cc2)cc1. The lowest BCUT2D eigenvalue weighted by molar-refractivity contribution is -0.115. The molecule has 2 aromatic carbocycles. The van der Waals surface area contributed by atoms with Gasteiger partial charge in [0.2, 0.25) is 5.91 Å². The zero-order valence-electron chi connectivity index (χ0n) is 10.7. The second-order valence-electron chi connectivity index (χ2n) is 4.40. The zero-order chi connectivity index (χ0) is 14.5. The molecule has 2 N–H and O–H groups in total. The maximum atomic E-state index is 11.6. The molecule has 0 saturated carbocycles. The van der Waals surface area contributed by atoms with E-state index in [4.69, 9.17) is 5.73 Å². The van der Waals surface area contributed by atoms with Gasteiger partial charge < -0.3 is 5.73 Å². The van der Waals surface area contributed by atoms with Gasteiger partial charge in [0, 0.05) is 21.0 Å². The lowest BCUT2D eigenvalue weighted by Crippen LogP contribution is -2.20. The number of nitrogens with two attached hydrogens (primary N) is 1. The zero-order valence-corrected chi connectivity index (χ0v) is 13.1. The molecular weight excluding hydrogens is 338 g/mol. The topological polar surface area (TPSA) is 60.2 Å². The molecule has 104 valence electrons. The molecule has 0 aromatic heterocycles. The fourth-order valence-corrected chi connectivity index (χ4v) is 3.08. The van der Waals surface area contributed by atoms with Gasteiger partial charge in [0.25, 0.3) is 0 Å². The Kier molecular flexibility index (Phi) is 5.09. The number of hydrogen-bond acceptors (Lipinski definition) is 2. The van der Waals surface area contributed by atoms with Gasteiger partial charge in [0.1, 0.15) is 5.75 Å². The molecule has 1 atom stereocenters. The molecule has 0 fully saturated rings. The highest BCUT2D eigenvalue weighted by Gasteiger charge is 2.06. The van der Waals surface area contributed by atoms with Crippen LogP contribution in [0.3, 0.4) is 0 Å². The average molecular weight is 352 g/mol. The van der Waals surface area contributed by atoms with Crippen LogP contribution in [0, 0.1) is 0 Å². The van der Waals surface area contributed by atoms with Crippen molar-refractivity contribution in [1.29, 1.82) is 0 Å². The van der Waals surface area contributed by atoms with Crippen molar-refractivity contribution in [3.05, 3.63) is 58.6 Å². The van der Waals surface area contributed by atoms with Gasteiger partial charge in [0.15, 0.2) is 0 Å². The lowest BCUT2D eigenvalue weighted by atomic mass is 10.0. The number of amides is 1. The highest BCUT2D eigenvalue weighted by Crippen LogP contribution is 2.22. The third-order valence-corrected chi connectivity index (χ3v) is 4.55. The van der Waals surface area contributed by atoms with E-state index in [0.717, 1.165) is 21.2 Å². The largest absolute Gasteiger partial charge is 0.369 e. The maximum absolute atomic E-state index is 11.6. The number of carbonyl (C=O) groups excluding carboxylic acids is 1. The maximum Gasteiger partial charge on any atom is 0.230 e. The van der Waals surface area contributed by atoms with Crippen molar-refractivity contribution in [2.45, 2.75) is 5.75 Å². The van der Waals surface area contributed by atoms with Crippen molar-refractivity contribution < 1.29 is 9.00 Å². The normalized spacial score (nSPS) is 12.1. The van der Waals surface area contributed by atoms with Gasteiger partial charge in [-0.1, -0.05) is 52.3 Å². The summed E-state index contributed by atoms with van der Waals surface area (Å²) in [6.07, 6.45) is 0. The number of rotatable bonds is 5. The number of hydrogen-bond donors (Lipinski definition) is 1. The first-order chi connectivity index (χ1) is 9.54. The van der Waals surface area contributed by atoms with Crippen LogP contribution in [0.1, 0.15) is 5.56 Å². The fraction of sp³-hybridized carbons (Fsp3) is 0.133. The summed E-state index contributed by atoms with van der Waals surface area (Å²) in [4.78, 5) is 10.7. The highest BCUT2D eigenvalue weighted by molar-refractivity contribution is 9.10. The van der Waals surface area contributed by atoms with Gasteiger partial charge in [-0.2, -0.15) is 0 Å². The number of halogens is 1. The third kappa shape index (κ3) is 4.28. The third-order valence-electron chi connectivity index (χ3n) is 2.76. The quantitative estimate of drug-likeness (QED) is 0.900. The molecular formula is C15H14BrNO2S. The van der Waals surface area contributed by atoms with Crippen molar-refractivity contribution in [3.8, 4) is 11.1 Å². The van der Waals surface area contributed by atoms with Crippen LogP contribution in [0.15, 0.2) is 53.0 Å². The van der Waals surface area contributed by atoms with Crippen molar-refractivity contribution in [3.63, 3.8) is 0 Å². The van der Waals surface area contributed by atoms with E-state index in [9.17, 15) is 9.00 Å². The molecule has 5 heteroatoms. The summed E-state index contributed by atoms with van der Waals surface area (Å²) in [6.45, 7) is 0. The van der Waals surface area contributed by atoms with E-state index in [2.05, 4.69) is 15.9 Å². The minimum atomic E-state index is -1.24. The smallest absolute Gasteiger partial charge is 0.230 e. The highest BCUT2D eigenvalue weighted by atomic mass is 79.9. The van der Waals surface area contributed by atoms with Crippen LogP contribution in [0.25, 0.3) is 11.1 Å². The lowest BCUT2D eigenvalue weighted by Gasteiger charge is -2.04. The predicted octanol–water partition coefficient (Wildman–Crippen LogP) is 2.85. The molecule has 0 radical (unpaired) electrons. The van der Waals surface area contributed by atoms with Crippen LogP contribution in [0.4, 0.5) is 0 Å². The van der Waals surface area contributed by atoms with E-state index in [0.29, 0.717) is 5.75 Å². The molecule has 0 spiro atoms. The Balaban J connectivity index is 2.08. The van der Waals surface area contributed by atoms with E-state index in [1.54, 1.807) is 0 Å². The second kappa shape index (κ2) is 6.81. The first kappa shape index (κ1) is 14.9. The van der Waals surface area contributed by atoms with E-state index in [-0.39, 0.29) is 5.75 Å². The predicted molar refractivity (Wildman–Crippen MR) is 85.5 cm³/mol. The summed E-state index contributed by atoms with van der Waals surface area (Å²) in [5.41, 5.74) is 8.18. The Morgan fingerprint density at radius 1 is 1.00 bits per heavy atom. The van der Waals surface area contributed by atoms with E-state index in [1.165, 1.54) is 0 Å². The van der Waals surface area contributed by atoms with E-state index >= 15 is 0 Å². The standard InChI is InChI=1S/C15H14BrNO2S/c16-14-7-5-13(6-8-14)12-3-1-11(2-4-12)9-20(19)10-15(17)18/h1-8H,9-10H2,(H2,17,18)/t20-/m0/s1.